The highest BCUT2D eigenvalue weighted by molar-refractivity contribution is 7.13. The predicted molar refractivity (Wildman–Crippen MR) is 133 cm³/mol. The smallest absolute Gasteiger partial charge is 0.282 e. The van der Waals surface area contributed by atoms with Crippen molar-refractivity contribution in [3.8, 4) is 0 Å². The Morgan fingerprint density at radius 2 is 1.74 bits per heavy atom. The zero-order valence-electron chi connectivity index (χ0n) is 19.5. The van der Waals surface area contributed by atoms with Crippen molar-refractivity contribution in [3.05, 3.63) is 81.3 Å². The molecule has 178 valence electrons. The Morgan fingerprint density at radius 3 is 2.47 bits per heavy atom. The molecule has 1 saturated heterocycles. The van der Waals surface area contributed by atoms with Gasteiger partial charge in [0.2, 0.25) is 10.9 Å². The molecule has 2 aromatic carbocycles. The first-order valence-electron chi connectivity index (χ1n) is 11.8. The molecule has 7 nitrogen and oxygen atoms in total. The Morgan fingerprint density at radius 1 is 1.00 bits per heavy atom. The molecule has 8 heteroatoms. The van der Waals surface area contributed by atoms with E-state index in [-0.39, 0.29) is 17.9 Å². The van der Waals surface area contributed by atoms with Crippen LogP contribution in [0.2, 0.25) is 0 Å². The summed E-state index contributed by atoms with van der Waals surface area (Å²) in [4.78, 5) is 27.0. The highest BCUT2D eigenvalue weighted by Crippen LogP contribution is 2.17. The number of nitrogens with one attached hydrogen (secondary N) is 2. The van der Waals surface area contributed by atoms with Crippen LogP contribution in [-0.4, -0.2) is 46.0 Å². The minimum Gasteiger partial charge on any atom is -0.353 e. The highest BCUT2D eigenvalue weighted by atomic mass is 32.1. The first kappa shape index (κ1) is 24.0. The summed E-state index contributed by atoms with van der Waals surface area (Å²) in [7, 11) is 0. The van der Waals surface area contributed by atoms with Gasteiger partial charge in [0, 0.05) is 32.1 Å². The van der Waals surface area contributed by atoms with Gasteiger partial charge in [-0.25, -0.2) is 0 Å². The fraction of sp³-hybridized carbons (Fsp3) is 0.385. The minimum absolute atomic E-state index is 0.118. The molecule has 0 unspecified atom stereocenters. The van der Waals surface area contributed by atoms with Crippen LogP contribution in [0.3, 0.4) is 0 Å². The Hall–Kier alpha value is -3.10. The second-order valence-electron chi connectivity index (χ2n) is 8.77. The molecular weight excluding hydrogens is 446 g/mol. The number of aryl methyl sites for hydroxylation is 2. The van der Waals surface area contributed by atoms with Gasteiger partial charge in [0.25, 0.3) is 5.91 Å². The van der Waals surface area contributed by atoms with Gasteiger partial charge in [0.15, 0.2) is 0 Å². The molecule has 1 fully saturated rings. The van der Waals surface area contributed by atoms with E-state index in [2.05, 4.69) is 37.9 Å². The molecule has 1 aromatic heterocycles. The van der Waals surface area contributed by atoms with Crippen LogP contribution in [0.15, 0.2) is 54.6 Å². The van der Waals surface area contributed by atoms with Gasteiger partial charge in [-0.3, -0.25) is 14.5 Å². The fourth-order valence-corrected chi connectivity index (χ4v) is 4.80. The molecule has 0 saturated carbocycles. The maximum absolute atomic E-state index is 12.4. The zero-order valence-corrected chi connectivity index (χ0v) is 20.3. The molecule has 34 heavy (non-hydrogen) atoms. The third-order valence-electron chi connectivity index (χ3n) is 6.03. The van der Waals surface area contributed by atoms with Gasteiger partial charge >= 0.3 is 0 Å². The lowest BCUT2D eigenvalue weighted by molar-refractivity contribution is -0.122. The first-order chi connectivity index (χ1) is 16.5. The summed E-state index contributed by atoms with van der Waals surface area (Å²) >= 11 is 1.34. The molecule has 1 aliphatic rings. The number of hydrogen-bond donors (Lipinski definition) is 2. The number of aromatic nitrogens is 2. The molecule has 2 heterocycles. The van der Waals surface area contributed by atoms with Crippen molar-refractivity contribution in [1.29, 1.82) is 0 Å². The summed E-state index contributed by atoms with van der Waals surface area (Å²) < 4.78 is 0. The number of rotatable bonds is 9. The summed E-state index contributed by atoms with van der Waals surface area (Å²) in [5, 5.41) is 15.6. The van der Waals surface area contributed by atoms with Gasteiger partial charge in [0.1, 0.15) is 5.01 Å². The Kier molecular flexibility index (Phi) is 8.38. The second-order valence-corrected chi connectivity index (χ2v) is 9.83. The van der Waals surface area contributed by atoms with Crippen LogP contribution in [0.25, 0.3) is 0 Å². The average molecular weight is 478 g/mol. The predicted octanol–water partition coefficient (Wildman–Crippen LogP) is 3.49. The topological polar surface area (TPSA) is 87.2 Å². The molecule has 4 rings (SSSR count). The van der Waals surface area contributed by atoms with E-state index in [1.165, 1.54) is 22.5 Å². The van der Waals surface area contributed by atoms with Crippen LogP contribution in [0.5, 0.6) is 0 Å². The molecule has 1 aliphatic heterocycles. The number of nitrogens with zero attached hydrogens (tertiary/aromatic N) is 3. The Balaban J connectivity index is 1.16. The quantitative estimate of drug-likeness (QED) is 0.493. The normalized spacial score (nSPS) is 14.6. The summed E-state index contributed by atoms with van der Waals surface area (Å²) in [5.74, 6) is -0.0750. The summed E-state index contributed by atoms with van der Waals surface area (Å²) in [6.45, 7) is 4.96. The van der Waals surface area contributed by atoms with E-state index in [0.717, 1.165) is 42.9 Å². The van der Waals surface area contributed by atoms with Crippen LogP contribution in [-0.2, 0) is 24.3 Å². The third kappa shape index (κ3) is 7.20. The molecule has 2 N–H and O–H groups in total. The van der Waals surface area contributed by atoms with E-state index in [0.29, 0.717) is 24.5 Å². The van der Waals surface area contributed by atoms with Gasteiger partial charge in [-0.05, 0) is 37.3 Å². The minimum atomic E-state index is -0.193. The monoisotopic (exact) mass is 477 g/mol. The number of carbonyl (C=O) groups is 2. The van der Waals surface area contributed by atoms with Gasteiger partial charge in [0.05, 0.1) is 6.54 Å². The fourth-order valence-electron chi connectivity index (χ4n) is 4.00. The van der Waals surface area contributed by atoms with Crippen molar-refractivity contribution >= 4 is 23.2 Å². The Labute approximate surface area is 204 Å². The lowest BCUT2D eigenvalue weighted by Gasteiger charge is -2.31. The lowest BCUT2D eigenvalue weighted by atomic mass is 10.0. The Bertz CT molecular complexity index is 1080. The van der Waals surface area contributed by atoms with Crippen LogP contribution >= 0.6 is 11.3 Å². The van der Waals surface area contributed by atoms with Crippen molar-refractivity contribution in [2.45, 2.75) is 51.7 Å². The maximum Gasteiger partial charge on any atom is 0.282 e. The molecule has 0 radical (unpaired) electrons. The number of benzene rings is 2. The number of carbonyl (C=O) groups excluding carboxylic acids is 2. The highest BCUT2D eigenvalue weighted by Gasteiger charge is 2.22. The molecular formula is C26H31N5O2S. The van der Waals surface area contributed by atoms with Crippen LogP contribution in [0.1, 0.15) is 50.8 Å². The van der Waals surface area contributed by atoms with Crippen LogP contribution < -0.4 is 10.6 Å². The number of amides is 2. The van der Waals surface area contributed by atoms with E-state index in [1.807, 2.05) is 49.4 Å². The maximum atomic E-state index is 12.4. The lowest BCUT2D eigenvalue weighted by Crippen LogP contribution is -2.44. The van der Waals surface area contributed by atoms with Gasteiger partial charge in [-0.1, -0.05) is 71.5 Å². The molecule has 2 amide bonds. The number of hydrogen-bond acceptors (Lipinski definition) is 6. The SMILES string of the molecule is Cc1ccc(CNC(=O)c2nnc(CN3CCC(NC(=O)CCc4ccccc4)CC3)s2)cc1. The van der Waals surface area contributed by atoms with Crippen molar-refractivity contribution in [2.75, 3.05) is 13.1 Å². The van der Waals surface area contributed by atoms with Crippen LogP contribution in [0, 0.1) is 6.92 Å². The second kappa shape index (κ2) is 11.9. The van der Waals surface area contributed by atoms with Gasteiger partial charge < -0.3 is 10.6 Å². The molecule has 0 spiro atoms. The van der Waals surface area contributed by atoms with Crippen molar-refractivity contribution < 1.29 is 9.59 Å². The number of likely N-dealkylation sites (tertiary alicyclic amines) is 1. The zero-order chi connectivity index (χ0) is 23.8. The van der Waals surface area contributed by atoms with E-state index < -0.39 is 0 Å². The van der Waals surface area contributed by atoms with Crippen molar-refractivity contribution in [1.82, 2.24) is 25.7 Å². The van der Waals surface area contributed by atoms with E-state index in [4.69, 9.17) is 0 Å². The largest absolute Gasteiger partial charge is 0.353 e. The first-order valence-corrected chi connectivity index (χ1v) is 12.6. The summed E-state index contributed by atoms with van der Waals surface area (Å²) in [6, 6.07) is 18.4. The molecule has 0 bridgehead atoms. The van der Waals surface area contributed by atoms with Crippen molar-refractivity contribution in [3.63, 3.8) is 0 Å². The molecule has 3 aromatic rings. The summed E-state index contributed by atoms with van der Waals surface area (Å²) in [6.07, 6.45) is 3.12. The average Bonchev–Trinajstić information content (AvgIpc) is 3.33. The standard InChI is InChI=1S/C26H31N5O2S/c1-19-7-9-21(10-8-19)17-27-25(33)26-30-29-24(34-26)18-31-15-13-22(14-16-31)28-23(32)12-11-20-5-3-2-4-6-20/h2-10,22H,11-18H2,1H3,(H,27,33)(H,28,32). The summed E-state index contributed by atoms with van der Waals surface area (Å²) in [5.41, 5.74) is 3.43. The van der Waals surface area contributed by atoms with E-state index >= 15 is 0 Å². The molecule has 0 atom stereocenters. The van der Waals surface area contributed by atoms with E-state index in [1.54, 1.807) is 0 Å². The van der Waals surface area contributed by atoms with Gasteiger partial charge in [-0.15, -0.1) is 10.2 Å². The van der Waals surface area contributed by atoms with Gasteiger partial charge in [-0.2, -0.15) is 0 Å². The molecule has 0 aliphatic carbocycles. The van der Waals surface area contributed by atoms with E-state index in [9.17, 15) is 9.59 Å². The number of piperidine rings is 1. The van der Waals surface area contributed by atoms with Crippen LogP contribution in [0.4, 0.5) is 0 Å². The third-order valence-corrected chi connectivity index (χ3v) is 6.94. The van der Waals surface area contributed by atoms with Crippen molar-refractivity contribution in [2.24, 2.45) is 0 Å².